The molecule has 0 aromatic carbocycles. The van der Waals surface area contributed by atoms with E-state index in [4.69, 9.17) is 0 Å². The number of piperidine rings is 1. The first kappa shape index (κ1) is 16.1. The van der Waals surface area contributed by atoms with E-state index in [0.717, 1.165) is 38.1 Å². The van der Waals surface area contributed by atoms with Gasteiger partial charge in [-0.25, -0.2) is 14.3 Å². The molecular formula is C16H27N5O2. The van der Waals surface area contributed by atoms with E-state index in [0.29, 0.717) is 19.1 Å². The lowest BCUT2D eigenvalue weighted by Gasteiger charge is -2.33. The summed E-state index contributed by atoms with van der Waals surface area (Å²) in [6.07, 6.45) is 6.55. The van der Waals surface area contributed by atoms with Gasteiger partial charge in [0.05, 0.1) is 0 Å². The Kier molecular flexibility index (Phi) is 4.73. The van der Waals surface area contributed by atoms with E-state index in [1.165, 1.54) is 17.5 Å². The fourth-order valence-electron chi connectivity index (χ4n) is 3.83. The van der Waals surface area contributed by atoms with Gasteiger partial charge in [-0.2, -0.15) is 5.10 Å². The SMILES string of the molecule is CCn1c(C2CCCN(C(=O)NC3CCCC3)C2)nn(C)c1=O. The molecule has 3 rings (SSSR count). The van der Waals surface area contributed by atoms with E-state index in [-0.39, 0.29) is 17.6 Å². The lowest BCUT2D eigenvalue weighted by molar-refractivity contribution is 0.174. The Labute approximate surface area is 136 Å². The molecule has 2 heterocycles. The molecule has 0 spiro atoms. The minimum atomic E-state index is -0.0740. The first-order chi connectivity index (χ1) is 11.1. The molecule has 0 bridgehead atoms. The molecule has 2 fully saturated rings. The third kappa shape index (κ3) is 3.28. The maximum Gasteiger partial charge on any atom is 0.345 e. The van der Waals surface area contributed by atoms with E-state index in [1.54, 1.807) is 11.6 Å². The largest absolute Gasteiger partial charge is 0.345 e. The highest BCUT2D eigenvalue weighted by Gasteiger charge is 2.30. The average molecular weight is 321 g/mol. The molecule has 1 aromatic heterocycles. The Hall–Kier alpha value is -1.79. The third-order valence-corrected chi connectivity index (χ3v) is 5.11. The number of aryl methyl sites for hydroxylation is 1. The van der Waals surface area contributed by atoms with Gasteiger partial charge in [-0.3, -0.25) is 4.57 Å². The van der Waals surface area contributed by atoms with Crippen LogP contribution in [0.3, 0.4) is 0 Å². The fraction of sp³-hybridized carbons (Fsp3) is 0.812. The van der Waals surface area contributed by atoms with Gasteiger partial charge in [0.2, 0.25) is 0 Å². The van der Waals surface area contributed by atoms with Crippen LogP contribution in [-0.2, 0) is 13.6 Å². The van der Waals surface area contributed by atoms with E-state index >= 15 is 0 Å². The van der Waals surface area contributed by atoms with Crippen LogP contribution in [0.2, 0.25) is 0 Å². The second kappa shape index (κ2) is 6.76. The summed E-state index contributed by atoms with van der Waals surface area (Å²) >= 11 is 0. The van der Waals surface area contributed by atoms with E-state index in [2.05, 4.69) is 10.4 Å². The van der Waals surface area contributed by atoms with E-state index in [1.807, 2.05) is 11.8 Å². The predicted molar refractivity (Wildman–Crippen MR) is 87.5 cm³/mol. The molecule has 128 valence electrons. The van der Waals surface area contributed by atoms with Crippen molar-refractivity contribution in [3.8, 4) is 0 Å². The number of nitrogens with zero attached hydrogens (tertiary/aromatic N) is 4. The third-order valence-electron chi connectivity index (χ3n) is 5.11. The number of hydrogen-bond donors (Lipinski definition) is 1. The average Bonchev–Trinajstić information content (AvgIpc) is 3.16. The first-order valence-electron chi connectivity index (χ1n) is 8.79. The van der Waals surface area contributed by atoms with Gasteiger partial charge >= 0.3 is 11.7 Å². The van der Waals surface area contributed by atoms with Crippen molar-refractivity contribution >= 4 is 6.03 Å². The Morgan fingerprint density at radius 3 is 2.70 bits per heavy atom. The molecule has 1 saturated heterocycles. The maximum absolute atomic E-state index is 12.5. The normalized spacial score (nSPS) is 22.5. The first-order valence-corrected chi connectivity index (χ1v) is 8.79. The van der Waals surface area contributed by atoms with Gasteiger partial charge in [0.25, 0.3) is 0 Å². The molecule has 2 amide bonds. The number of amides is 2. The highest BCUT2D eigenvalue weighted by molar-refractivity contribution is 5.74. The number of hydrogen-bond acceptors (Lipinski definition) is 3. The van der Waals surface area contributed by atoms with Crippen molar-refractivity contribution in [3.05, 3.63) is 16.3 Å². The summed E-state index contributed by atoms with van der Waals surface area (Å²) in [5.41, 5.74) is -0.0740. The second-order valence-electron chi connectivity index (χ2n) is 6.72. The Morgan fingerprint density at radius 2 is 2.00 bits per heavy atom. The van der Waals surface area contributed by atoms with Crippen molar-refractivity contribution in [2.45, 2.75) is 64.0 Å². The van der Waals surface area contributed by atoms with Crippen LogP contribution in [-0.4, -0.2) is 44.4 Å². The Balaban J connectivity index is 1.69. The van der Waals surface area contributed by atoms with Crippen LogP contribution in [0.15, 0.2) is 4.79 Å². The summed E-state index contributed by atoms with van der Waals surface area (Å²) < 4.78 is 3.12. The standard InChI is InChI=1S/C16H27N5O2/c1-3-21-14(18-19(2)16(21)23)12-7-6-10-20(11-12)15(22)17-13-8-4-5-9-13/h12-13H,3-11H2,1-2H3,(H,17,22). The van der Waals surface area contributed by atoms with Crippen LogP contribution in [0.25, 0.3) is 0 Å². The van der Waals surface area contributed by atoms with Gasteiger partial charge in [0, 0.05) is 38.6 Å². The van der Waals surface area contributed by atoms with Crippen LogP contribution >= 0.6 is 0 Å². The van der Waals surface area contributed by atoms with Crippen LogP contribution < -0.4 is 11.0 Å². The maximum atomic E-state index is 12.5. The highest BCUT2D eigenvalue weighted by Crippen LogP contribution is 2.25. The monoisotopic (exact) mass is 321 g/mol. The molecule has 23 heavy (non-hydrogen) atoms. The number of likely N-dealkylation sites (tertiary alicyclic amines) is 1. The smallest absolute Gasteiger partial charge is 0.335 e. The minimum Gasteiger partial charge on any atom is -0.335 e. The molecule has 1 aliphatic heterocycles. The zero-order valence-electron chi connectivity index (χ0n) is 14.1. The predicted octanol–water partition coefficient (Wildman–Crippen LogP) is 1.43. The molecule has 2 aliphatic rings. The van der Waals surface area contributed by atoms with Gasteiger partial charge in [-0.15, -0.1) is 0 Å². The van der Waals surface area contributed by atoms with Crippen LogP contribution in [0, 0.1) is 0 Å². The molecular weight excluding hydrogens is 294 g/mol. The molecule has 1 aliphatic carbocycles. The van der Waals surface area contributed by atoms with Crippen molar-refractivity contribution in [3.63, 3.8) is 0 Å². The van der Waals surface area contributed by atoms with Crippen molar-refractivity contribution in [1.29, 1.82) is 0 Å². The van der Waals surface area contributed by atoms with Crippen molar-refractivity contribution in [2.75, 3.05) is 13.1 Å². The van der Waals surface area contributed by atoms with Gasteiger partial charge in [-0.1, -0.05) is 12.8 Å². The topological polar surface area (TPSA) is 72.2 Å². The molecule has 1 atom stereocenters. The summed E-state index contributed by atoms with van der Waals surface area (Å²) in [5.74, 6) is 0.963. The van der Waals surface area contributed by atoms with Crippen LogP contribution in [0.4, 0.5) is 4.79 Å². The lowest BCUT2D eigenvalue weighted by Crippen LogP contribution is -2.48. The number of carbonyl (C=O) groups excluding carboxylic acids is 1. The molecule has 1 N–H and O–H groups in total. The van der Waals surface area contributed by atoms with E-state index < -0.39 is 0 Å². The minimum absolute atomic E-state index is 0.0444. The number of urea groups is 1. The molecule has 7 heteroatoms. The zero-order valence-corrected chi connectivity index (χ0v) is 14.1. The number of nitrogens with one attached hydrogen (secondary N) is 1. The number of rotatable bonds is 3. The zero-order chi connectivity index (χ0) is 16.4. The van der Waals surface area contributed by atoms with Crippen LogP contribution in [0.5, 0.6) is 0 Å². The van der Waals surface area contributed by atoms with E-state index in [9.17, 15) is 9.59 Å². The van der Waals surface area contributed by atoms with Gasteiger partial charge in [-0.05, 0) is 32.6 Å². The molecule has 7 nitrogen and oxygen atoms in total. The molecule has 1 saturated carbocycles. The summed E-state index contributed by atoms with van der Waals surface area (Å²) in [5, 5.41) is 7.57. The lowest BCUT2D eigenvalue weighted by atomic mass is 9.97. The van der Waals surface area contributed by atoms with Crippen LogP contribution in [0.1, 0.15) is 57.2 Å². The summed E-state index contributed by atoms with van der Waals surface area (Å²) in [6.45, 7) is 4.01. The van der Waals surface area contributed by atoms with Crippen molar-refractivity contribution in [2.24, 2.45) is 7.05 Å². The number of carbonyl (C=O) groups is 1. The summed E-state index contributed by atoms with van der Waals surface area (Å²) in [4.78, 5) is 26.5. The van der Waals surface area contributed by atoms with Gasteiger partial charge < -0.3 is 10.2 Å². The van der Waals surface area contributed by atoms with Gasteiger partial charge in [0.1, 0.15) is 5.82 Å². The Bertz CT molecular complexity index is 614. The Morgan fingerprint density at radius 1 is 1.26 bits per heavy atom. The fourth-order valence-corrected chi connectivity index (χ4v) is 3.83. The van der Waals surface area contributed by atoms with Gasteiger partial charge in [0.15, 0.2) is 0 Å². The second-order valence-corrected chi connectivity index (χ2v) is 6.72. The quantitative estimate of drug-likeness (QED) is 0.915. The molecule has 0 radical (unpaired) electrons. The highest BCUT2D eigenvalue weighted by atomic mass is 16.2. The molecule has 1 unspecified atom stereocenters. The number of aromatic nitrogens is 3. The molecule has 1 aromatic rings. The van der Waals surface area contributed by atoms with Crippen molar-refractivity contribution < 1.29 is 4.79 Å². The summed E-state index contributed by atoms with van der Waals surface area (Å²) in [7, 11) is 1.69. The van der Waals surface area contributed by atoms with Crippen molar-refractivity contribution in [1.82, 2.24) is 24.6 Å². The summed E-state index contributed by atoms with van der Waals surface area (Å²) in [6, 6.07) is 0.384.